The third-order valence-corrected chi connectivity index (χ3v) is 4.47. The minimum atomic E-state index is -0.109. The van der Waals surface area contributed by atoms with E-state index in [2.05, 4.69) is 10.3 Å². The average Bonchev–Trinajstić information content (AvgIpc) is 2.99. The first kappa shape index (κ1) is 16.9. The van der Waals surface area contributed by atoms with Gasteiger partial charge in [-0.3, -0.25) is 4.79 Å². The Balaban J connectivity index is 1.89. The monoisotopic (exact) mass is 338 g/mol. The fourth-order valence-corrected chi connectivity index (χ4v) is 2.69. The number of amides is 1. The number of hydrogen-bond acceptors (Lipinski definition) is 4. The van der Waals surface area contributed by atoms with Gasteiger partial charge in [-0.25, -0.2) is 4.98 Å². The zero-order chi connectivity index (χ0) is 15.9. The number of carbonyl (C=O) groups is 1. The number of hydrogen-bond donors (Lipinski definition) is 1. The number of rotatable bonds is 7. The third kappa shape index (κ3) is 4.78. The maximum Gasteiger partial charge on any atom is 0.232 e. The molecule has 1 atom stereocenters. The quantitative estimate of drug-likeness (QED) is 0.824. The Morgan fingerprint density at radius 2 is 2.14 bits per heavy atom. The van der Waals surface area contributed by atoms with Crippen molar-refractivity contribution >= 4 is 29.3 Å². The van der Waals surface area contributed by atoms with Gasteiger partial charge >= 0.3 is 0 Å². The third-order valence-electron chi connectivity index (χ3n) is 3.04. The lowest BCUT2D eigenvalue weighted by Crippen LogP contribution is -2.31. The van der Waals surface area contributed by atoms with Crippen LogP contribution in [0.1, 0.15) is 26.0 Å². The van der Waals surface area contributed by atoms with Gasteiger partial charge < -0.3 is 9.73 Å². The second-order valence-electron chi connectivity index (χ2n) is 4.90. The average molecular weight is 339 g/mol. The van der Waals surface area contributed by atoms with E-state index in [1.165, 1.54) is 0 Å². The second-order valence-corrected chi connectivity index (χ2v) is 6.66. The van der Waals surface area contributed by atoms with E-state index in [1.807, 2.05) is 26.0 Å². The fourth-order valence-electron chi connectivity index (χ4n) is 1.78. The molecule has 22 heavy (non-hydrogen) atoms. The van der Waals surface area contributed by atoms with Gasteiger partial charge in [0.15, 0.2) is 0 Å². The van der Waals surface area contributed by atoms with Gasteiger partial charge in [0.2, 0.25) is 11.8 Å². The van der Waals surface area contributed by atoms with Crippen LogP contribution in [0.15, 0.2) is 34.9 Å². The van der Waals surface area contributed by atoms with E-state index in [-0.39, 0.29) is 11.2 Å². The molecule has 1 unspecified atom stereocenters. The summed E-state index contributed by atoms with van der Waals surface area (Å²) in [5.41, 5.74) is 1.71. The number of nitrogens with zero attached hydrogens (tertiary/aromatic N) is 1. The predicted molar refractivity (Wildman–Crippen MR) is 91.0 cm³/mol. The summed E-state index contributed by atoms with van der Waals surface area (Å²) < 4.78 is 5.48. The van der Waals surface area contributed by atoms with Crippen molar-refractivity contribution in [2.75, 3.05) is 6.54 Å². The molecule has 6 heteroatoms. The van der Waals surface area contributed by atoms with Gasteiger partial charge in [-0.2, -0.15) is 0 Å². The van der Waals surface area contributed by atoms with Crippen LogP contribution in [0.25, 0.3) is 11.5 Å². The lowest BCUT2D eigenvalue weighted by molar-refractivity contribution is -0.120. The molecule has 0 saturated heterocycles. The Morgan fingerprint density at radius 1 is 1.41 bits per heavy atom. The molecule has 0 aliphatic rings. The van der Waals surface area contributed by atoms with Crippen molar-refractivity contribution in [3.8, 4) is 11.5 Å². The van der Waals surface area contributed by atoms with Crippen LogP contribution in [0.2, 0.25) is 5.02 Å². The highest BCUT2D eigenvalue weighted by Gasteiger charge is 2.14. The Kier molecular flexibility index (Phi) is 6.34. The van der Waals surface area contributed by atoms with Gasteiger partial charge in [-0.15, -0.1) is 11.8 Å². The van der Waals surface area contributed by atoms with Crippen molar-refractivity contribution in [3.63, 3.8) is 0 Å². The Labute approximate surface area is 139 Å². The lowest BCUT2D eigenvalue weighted by atomic mass is 10.2. The van der Waals surface area contributed by atoms with Crippen molar-refractivity contribution in [1.82, 2.24) is 10.3 Å². The number of carbonyl (C=O) groups excluding carboxylic acids is 1. The number of oxazole rings is 1. The van der Waals surface area contributed by atoms with E-state index in [0.717, 1.165) is 17.7 Å². The summed E-state index contributed by atoms with van der Waals surface area (Å²) in [5.74, 6) is 1.27. The molecule has 0 saturated carbocycles. The SMILES string of the molecule is CCCNC(=O)C(C)SCc1coc(-c2ccc(Cl)cc2)n1. The van der Waals surface area contributed by atoms with Crippen molar-refractivity contribution in [2.45, 2.75) is 31.3 Å². The summed E-state index contributed by atoms with van der Waals surface area (Å²) in [4.78, 5) is 16.2. The predicted octanol–water partition coefficient (Wildman–Crippen LogP) is 4.14. The minimum Gasteiger partial charge on any atom is -0.444 e. The molecule has 1 N–H and O–H groups in total. The van der Waals surface area contributed by atoms with Crippen LogP contribution in [-0.2, 0) is 10.5 Å². The van der Waals surface area contributed by atoms with Gasteiger partial charge in [0, 0.05) is 22.9 Å². The second kappa shape index (κ2) is 8.25. The highest BCUT2D eigenvalue weighted by Crippen LogP contribution is 2.23. The molecular formula is C16H19ClN2O2S. The summed E-state index contributed by atoms with van der Waals surface area (Å²) in [7, 11) is 0. The number of aromatic nitrogens is 1. The molecule has 0 aliphatic carbocycles. The van der Waals surface area contributed by atoms with Crippen LogP contribution >= 0.6 is 23.4 Å². The van der Waals surface area contributed by atoms with Gasteiger partial charge in [0.25, 0.3) is 0 Å². The number of halogens is 1. The molecule has 0 radical (unpaired) electrons. The summed E-state index contributed by atoms with van der Waals surface area (Å²) in [6.07, 6.45) is 2.57. The largest absolute Gasteiger partial charge is 0.444 e. The first-order valence-electron chi connectivity index (χ1n) is 7.19. The molecule has 2 aromatic rings. The van der Waals surface area contributed by atoms with Gasteiger partial charge in [0.1, 0.15) is 6.26 Å². The van der Waals surface area contributed by atoms with E-state index in [9.17, 15) is 4.79 Å². The standard InChI is InChI=1S/C16H19ClN2O2S/c1-3-8-18-15(20)11(2)22-10-14-9-21-16(19-14)12-4-6-13(17)7-5-12/h4-7,9,11H,3,8,10H2,1-2H3,(H,18,20). The maximum absolute atomic E-state index is 11.8. The van der Waals surface area contributed by atoms with Crippen molar-refractivity contribution in [1.29, 1.82) is 0 Å². The van der Waals surface area contributed by atoms with E-state index in [0.29, 0.717) is 23.2 Å². The number of benzene rings is 1. The van der Waals surface area contributed by atoms with Gasteiger partial charge in [-0.1, -0.05) is 18.5 Å². The molecular weight excluding hydrogens is 320 g/mol. The van der Waals surface area contributed by atoms with E-state index >= 15 is 0 Å². The first-order valence-corrected chi connectivity index (χ1v) is 8.62. The van der Waals surface area contributed by atoms with Crippen molar-refractivity contribution in [2.24, 2.45) is 0 Å². The highest BCUT2D eigenvalue weighted by molar-refractivity contribution is 7.99. The Morgan fingerprint density at radius 3 is 2.82 bits per heavy atom. The Hall–Kier alpha value is -1.46. The zero-order valence-electron chi connectivity index (χ0n) is 12.6. The molecule has 1 aromatic heterocycles. The molecule has 118 valence electrons. The van der Waals surface area contributed by atoms with Crippen LogP contribution in [-0.4, -0.2) is 22.7 Å². The number of thioether (sulfide) groups is 1. The summed E-state index contributed by atoms with van der Waals surface area (Å²) >= 11 is 7.41. The van der Waals surface area contributed by atoms with Crippen LogP contribution in [0.3, 0.4) is 0 Å². The van der Waals surface area contributed by atoms with E-state index in [4.69, 9.17) is 16.0 Å². The Bertz CT molecular complexity index is 613. The normalized spacial score (nSPS) is 12.1. The summed E-state index contributed by atoms with van der Waals surface area (Å²) in [6.45, 7) is 4.65. The van der Waals surface area contributed by atoms with Crippen LogP contribution in [0.4, 0.5) is 0 Å². The fraction of sp³-hybridized carbons (Fsp3) is 0.375. The topological polar surface area (TPSA) is 55.1 Å². The molecule has 0 bridgehead atoms. The van der Waals surface area contributed by atoms with E-state index in [1.54, 1.807) is 30.2 Å². The molecule has 0 spiro atoms. The van der Waals surface area contributed by atoms with Crippen molar-refractivity contribution < 1.29 is 9.21 Å². The van der Waals surface area contributed by atoms with Crippen LogP contribution in [0.5, 0.6) is 0 Å². The maximum atomic E-state index is 11.8. The highest BCUT2D eigenvalue weighted by atomic mass is 35.5. The van der Waals surface area contributed by atoms with Crippen molar-refractivity contribution in [3.05, 3.63) is 41.2 Å². The molecule has 1 amide bonds. The molecule has 1 heterocycles. The smallest absolute Gasteiger partial charge is 0.232 e. The zero-order valence-corrected chi connectivity index (χ0v) is 14.2. The van der Waals surface area contributed by atoms with Crippen LogP contribution in [0, 0.1) is 0 Å². The molecule has 1 aromatic carbocycles. The molecule has 0 fully saturated rings. The first-order chi connectivity index (χ1) is 10.6. The number of nitrogens with one attached hydrogen (secondary N) is 1. The summed E-state index contributed by atoms with van der Waals surface area (Å²) in [5, 5.41) is 3.46. The van der Waals surface area contributed by atoms with Gasteiger partial charge in [-0.05, 0) is 37.6 Å². The molecule has 2 rings (SSSR count). The molecule has 4 nitrogen and oxygen atoms in total. The van der Waals surface area contributed by atoms with E-state index < -0.39 is 0 Å². The lowest BCUT2D eigenvalue weighted by Gasteiger charge is -2.10. The molecule has 0 aliphatic heterocycles. The summed E-state index contributed by atoms with van der Waals surface area (Å²) in [6, 6.07) is 7.34. The minimum absolute atomic E-state index is 0.0632. The van der Waals surface area contributed by atoms with Crippen LogP contribution < -0.4 is 5.32 Å². The van der Waals surface area contributed by atoms with Gasteiger partial charge in [0.05, 0.1) is 10.9 Å².